The number of carbonyl (C=O) groups excluding carboxylic acids is 6. The first kappa shape index (κ1) is 49.1. The van der Waals surface area contributed by atoms with Gasteiger partial charge in [0.2, 0.25) is 35.4 Å². The van der Waals surface area contributed by atoms with Gasteiger partial charge in [-0.1, -0.05) is 62.7 Å². The topological polar surface area (TPSA) is 315 Å². The molecule has 0 aromatic heterocycles. The molecule has 20 nitrogen and oxygen atoms in total. The normalized spacial score (nSPS) is 18.8. The molecule has 0 spiro atoms. The van der Waals surface area contributed by atoms with E-state index in [2.05, 4.69) is 21.3 Å². The summed E-state index contributed by atoms with van der Waals surface area (Å²) >= 11 is 0. The van der Waals surface area contributed by atoms with Crippen molar-refractivity contribution < 1.29 is 63.6 Å². The van der Waals surface area contributed by atoms with Crippen molar-refractivity contribution in [2.75, 3.05) is 13.1 Å². The fourth-order valence-corrected chi connectivity index (χ4v) is 7.67. The van der Waals surface area contributed by atoms with Crippen LogP contribution in [0, 0.1) is 5.92 Å². The molecule has 63 heavy (non-hydrogen) atoms. The van der Waals surface area contributed by atoms with Crippen molar-refractivity contribution >= 4 is 53.4 Å². The molecular weight excluding hydrogens is 823 g/mol. The fraction of sp³-hybridized carbons (Fsp3) is 0.512. The van der Waals surface area contributed by atoms with Gasteiger partial charge in [-0.15, -0.1) is 0 Å². The number of aromatic hydroxyl groups is 1. The maximum absolute atomic E-state index is 14.3. The number of carboxylic acid groups (broad SMARTS) is 3. The number of hydrogen-bond acceptors (Lipinski definition) is 11. The maximum atomic E-state index is 14.3. The summed E-state index contributed by atoms with van der Waals surface area (Å²) in [5.41, 5.74) is 6.89. The smallest absolute Gasteiger partial charge is 0.326 e. The van der Waals surface area contributed by atoms with Crippen molar-refractivity contribution in [3.63, 3.8) is 0 Å². The molecule has 2 aliphatic rings. The summed E-state index contributed by atoms with van der Waals surface area (Å²) in [6, 6.07) is 5.30. The molecule has 2 heterocycles. The number of amides is 6. The fourth-order valence-electron chi connectivity index (χ4n) is 7.67. The van der Waals surface area contributed by atoms with Crippen molar-refractivity contribution in [3.8, 4) is 5.75 Å². The second kappa shape index (κ2) is 23.0. The number of benzene rings is 2. The molecule has 10 N–H and O–H groups in total. The molecule has 8 atom stereocenters. The number of hydrogen-bond donors (Lipinski definition) is 9. The van der Waals surface area contributed by atoms with Gasteiger partial charge in [-0.05, 0) is 61.3 Å². The molecule has 20 heteroatoms. The Hall–Kier alpha value is -6.57. The van der Waals surface area contributed by atoms with E-state index < -0.39 is 114 Å². The van der Waals surface area contributed by atoms with Gasteiger partial charge in [-0.25, -0.2) is 4.79 Å². The standard InChI is InChI=1S/C43H57N7O13/c1-3-24(2)36(42(61)50-20-8-11-32(50)39(58)47-31(43(62)63)22-26-13-15-27(51)16-14-26)48-40(59)33-12-7-19-49(33)41(60)29(17-18-34(52)53)45-38(57)30(21-25-9-5-4-6-10-25)46-37(56)28(44)23-35(54)55/h4-6,9-10,13-16,24,28-33,36,51H,3,7-8,11-12,17-23,44H2,1-2H3,(H,45,57)(H,46,56)(H,47,58)(H,48,59)(H,52,53)(H,54,55)(H,62,63). The number of carbonyl (C=O) groups is 9. The van der Waals surface area contributed by atoms with Crippen molar-refractivity contribution in [2.45, 2.75) is 120 Å². The minimum atomic E-state index is -1.51. The van der Waals surface area contributed by atoms with E-state index >= 15 is 0 Å². The third-order valence-electron chi connectivity index (χ3n) is 11.4. The summed E-state index contributed by atoms with van der Waals surface area (Å²) in [6.07, 6.45) is -0.244. The Bertz CT molecular complexity index is 1980. The molecule has 0 radical (unpaired) electrons. The zero-order valence-corrected chi connectivity index (χ0v) is 35.2. The van der Waals surface area contributed by atoms with Crippen LogP contribution in [0.2, 0.25) is 0 Å². The lowest BCUT2D eigenvalue weighted by Crippen LogP contribution is -2.60. The molecule has 8 unspecified atom stereocenters. The summed E-state index contributed by atoms with van der Waals surface area (Å²) in [6.45, 7) is 3.75. The van der Waals surface area contributed by atoms with Crippen LogP contribution in [0.4, 0.5) is 0 Å². The first-order valence-corrected chi connectivity index (χ1v) is 21.0. The number of nitrogens with zero attached hydrogens (tertiary/aromatic N) is 2. The molecule has 2 fully saturated rings. The van der Waals surface area contributed by atoms with Gasteiger partial charge in [0.25, 0.3) is 0 Å². The highest BCUT2D eigenvalue weighted by Crippen LogP contribution is 2.25. The average Bonchev–Trinajstić information content (AvgIpc) is 3.95. The summed E-state index contributed by atoms with van der Waals surface area (Å²) < 4.78 is 0. The minimum absolute atomic E-state index is 0.00958. The number of nitrogens with two attached hydrogens (primary N) is 1. The Morgan fingerprint density at radius 3 is 1.78 bits per heavy atom. The Kier molecular flexibility index (Phi) is 18.0. The second-order valence-electron chi connectivity index (χ2n) is 16.0. The van der Waals surface area contributed by atoms with E-state index in [0.29, 0.717) is 30.4 Å². The molecule has 2 aromatic carbocycles. The van der Waals surface area contributed by atoms with Gasteiger partial charge in [-0.3, -0.25) is 38.4 Å². The van der Waals surface area contributed by atoms with Gasteiger partial charge >= 0.3 is 17.9 Å². The highest BCUT2D eigenvalue weighted by molar-refractivity contribution is 5.98. The molecule has 342 valence electrons. The minimum Gasteiger partial charge on any atom is -0.508 e. The van der Waals surface area contributed by atoms with Gasteiger partial charge in [-0.2, -0.15) is 0 Å². The maximum Gasteiger partial charge on any atom is 0.326 e. The van der Waals surface area contributed by atoms with Crippen LogP contribution >= 0.6 is 0 Å². The van der Waals surface area contributed by atoms with Crippen LogP contribution < -0.4 is 27.0 Å². The van der Waals surface area contributed by atoms with Crippen molar-refractivity contribution in [3.05, 3.63) is 65.7 Å². The van der Waals surface area contributed by atoms with Gasteiger partial charge in [0.15, 0.2) is 0 Å². The van der Waals surface area contributed by atoms with Crippen molar-refractivity contribution in [1.82, 2.24) is 31.1 Å². The van der Waals surface area contributed by atoms with Crippen LogP contribution in [0.5, 0.6) is 5.75 Å². The molecule has 0 bridgehead atoms. The van der Waals surface area contributed by atoms with Gasteiger partial charge in [0.1, 0.15) is 42.0 Å². The van der Waals surface area contributed by atoms with Crippen LogP contribution in [-0.2, 0) is 56.0 Å². The molecule has 0 aliphatic carbocycles. The van der Waals surface area contributed by atoms with E-state index in [0.717, 1.165) is 0 Å². The van der Waals surface area contributed by atoms with E-state index in [1.807, 2.05) is 0 Å². The lowest BCUT2D eigenvalue weighted by atomic mass is 9.96. The summed E-state index contributed by atoms with van der Waals surface area (Å²) in [4.78, 5) is 120. The third-order valence-corrected chi connectivity index (χ3v) is 11.4. The van der Waals surface area contributed by atoms with E-state index in [-0.39, 0.29) is 50.9 Å². The van der Waals surface area contributed by atoms with Crippen molar-refractivity contribution in [2.24, 2.45) is 11.7 Å². The zero-order valence-electron chi connectivity index (χ0n) is 35.2. The van der Waals surface area contributed by atoms with Crippen LogP contribution in [0.25, 0.3) is 0 Å². The summed E-state index contributed by atoms with van der Waals surface area (Å²) in [7, 11) is 0. The number of phenols is 1. The summed E-state index contributed by atoms with van der Waals surface area (Å²) in [5, 5.41) is 48.5. The van der Waals surface area contributed by atoms with Crippen molar-refractivity contribution in [1.29, 1.82) is 0 Å². The van der Waals surface area contributed by atoms with E-state index in [9.17, 15) is 58.5 Å². The Balaban J connectivity index is 1.50. The third kappa shape index (κ3) is 14.0. The first-order valence-electron chi connectivity index (χ1n) is 21.0. The highest BCUT2D eigenvalue weighted by Gasteiger charge is 2.43. The molecule has 0 saturated carbocycles. The molecule has 2 saturated heterocycles. The Morgan fingerprint density at radius 1 is 0.683 bits per heavy atom. The average molecular weight is 880 g/mol. The number of nitrogens with one attached hydrogen (secondary N) is 4. The SMILES string of the molecule is CCC(C)C(NC(=O)C1CCCN1C(=O)C(CCC(=O)O)NC(=O)C(Cc1ccccc1)NC(=O)C(N)CC(=O)O)C(=O)N1CCCC1C(=O)NC(Cc1ccc(O)cc1)C(=O)O. The molecule has 2 aromatic rings. The van der Waals surface area contributed by atoms with Gasteiger partial charge < -0.3 is 57.2 Å². The van der Waals surface area contributed by atoms with E-state index in [4.69, 9.17) is 10.8 Å². The molecule has 2 aliphatic heterocycles. The Labute approximate surface area is 363 Å². The summed E-state index contributed by atoms with van der Waals surface area (Å²) in [5.74, 6) is -8.94. The number of aliphatic carboxylic acids is 3. The van der Waals surface area contributed by atoms with Crippen LogP contribution in [-0.4, -0.2) is 139 Å². The lowest BCUT2D eigenvalue weighted by molar-refractivity contribution is -0.146. The Morgan fingerprint density at radius 2 is 1.22 bits per heavy atom. The second-order valence-corrected chi connectivity index (χ2v) is 16.0. The zero-order chi connectivity index (χ0) is 46.4. The number of likely N-dealkylation sites (tertiary alicyclic amines) is 2. The predicted molar refractivity (Wildman–Crippen MR) is 223 cm³/mol. The largest absolute Gasteiger partial charge is 0.508 e. The molecule has 6 amide bonds. The van der Waals surface area contributed by atoms with E-state index in [1.54, 1.807) is 44.2 Å². The number of carboxylic acids is 3. The highest BCUT2D eigenvalue weighted by atomic mass is 16.4. The van der Waals surface area contributed by atoms with Crippen LogP contribution in [0.1, 0.15) is 76.3 Å². The number of phenolic OH excluding ortho intramolecular Hbond substituents is 1. The van der Waals surface area contributed by atoms with E-state index in [1.165, 1.54) is 34.1 Å². The molecule has 4 rings (SSSR count). The monoisotopic (exact) mass is 879 g/mol. The van der Waals surface area contributed by atoms with Gasteiger partial charge in [0.05, 0.1) is 12.5 Å². The van der Waals surface area contributed by atoms with Crippen LogP contribution in [0.3, 0.4) is 0 Å². The molecular formula is C43H57N7O13. The van der Waals surface area contributed by atoms with Crippen LogP contribution in [0.15, 0.2) is 54.6 Å². The predicted octanol–water partition coefficient (Wildman–Crippen LogP) is -0.104. The first-order chi connectivity index (χ1) is 29.9. The number of rotatable bonds is 22. The van der Waals surface area contributed by atoms with Gasteiger partial charge in [0, 0.05) is 32.4 Å². The quantitative estimate of drug-likeness (QED) is 0.0746. The lowest BCUT2D eigenvalue weighted by Gasteiger charge is -2.34.